The molecule has 0 unspecified atom stereocenters. The summed E-state index contributed by atoms with van der Waals surface area (Å²) in [6.45, 7) is 1.74. The maximum absolute atomic E-state index is 5.37. The molecule has 0 saturated heterocycles. The zero-order valence-electron chi connectivity index (χ0n) is 7.45. The number of anilines is 1. The number of nitrogens with one attached hydrogen (secondary N) is 1. The van der Waals surface area contributed by atoms with Gasteiger partial charge in [-0.15, -0.1) is 0 Å². The van der Waals surface area contributed by atoms with E-state index in [4.69, 9.17) is 5.73 Å². The van der Waals surface area contributed by atoms with E-state index in [0.717, 1.165) is 31.7 Å². The highest BCUT2D eigenvalue weighted by atomic mass is 15.3. The average Bonchev–Trinajstić information content (AvgIpc) is 2.46. The largest absolute Gasteiger partial charge is 0.370 e. The molecule has 1 aromatic rings. The summed E-state index contributed by atoms with van der Waals surface area (Å²) in [6, 6.07) is 1.96. The van der Waals surface area contributed by atoms with Crippen molar-refractivity contribution in [1.82, 2.24) is 9.78 Å². The molecule has 0 aromatic carbocycles. The molecule has 0 amide bonds. The SMILES string of the molecule is Cn1nccc1NCCCCN. The molecule has 0 radical (unpaired) electrons. The number of rotatable bonds is 5. The van der Waals surface area contributed by atoms with Crippen LogP contribution in [0.15, 0.2) is 12.3 Å². The minimum absolute atomic E-state index is 0.771. The summed E-state index contributed by atoms with van der Waals surface area (Å²) in [5.41, 5.74) is 5.37. The van der Waals surface area contributed by atoms with Gasteiger partial charge in [0.05, 0.1) is 6.20 Å². The molecule has 0 aliphatic rings. The lowest BCUT2D eigenvalue weighted by Gasteiger charge is -2.04. The normalized spacial score (nSPS) is 10.2. The fourth-order valence-corrected chi connectivity index (χ4v) is 1.03. The molecule has 0 bridgehead atoms. The van der Waals surface area contributed by atoms with Gasteiger partial charge in [-0.1, -0.05) is 0 Å². The number of hydrogen-bond acceptors (Lipinski definition) is 3. The van der Waals surface area contributed by atoms with E-state index in [1.165, 1.54) is 0 Å². The second kappa shape index (κ2) is 4.77. The number of aromatic nitrogens is 2. The van der Waals surface area contributed by atoms with Crippen molar-refractivity contribution >= 4 is 5.82 Å². The molecular weight excluding hydrogens is 152 g/mol. The Balaban J connectivity index is 2.20. The average molecular weight is 168 g/mol. The first-order valence-corrected chi connectivity index (χ1v) is 4.26. The van der Waals surface area contributed by atoms with Gasteiger partial charge in [0.2, 0.25) is 0 Å². The predicted octanol–water partition coefficient (Wildman–Crippen LogP) is 0.571. The summed E-state index contributed by atoms with van der Waals surface area (Å²) >= 11 is 0. The van der Waals surface area contributed by atoms with Crippen LogP contribution < -0.4 is 11.1 Å². The summed E-state index contributed by atoms with van der Waals surface area (Å²) < 4.78 is 1.82. The maximum Gasteiger partial charge on any atom is 0.123 e. The van der Waals surface area contributed by atoms with Crippen LogP contribution in [0.4, 0.5) is 5.82 Å². The van der Waals surface area contributed by atoms with Crippen molar-refractivity contribution in [1.29, 1.82) is 0 Å². The van der Waals surface area contributed by atoms with Crippen LogP contribution in [0.2, 0.25) is 0 Å². The van der Waals surface area contributed by atoms with Crippen LogP contribution in [0, 0.1) is 0 Å². The molecule has 0 atom stereocenters. The van der Waals surface area contributed by atoms with E-state index in [0.29, 0.717) is 0 Å². The fraction of sp³-hybridized carbons (Fsp3) is 0.625. The summed E-state index contributed by atoms with van der Waals surface area (Å²) in [7, 11) is 1.92. The van der Waals surface area contributed by atoms with Crippen molar-refractivity contribution in [3.8, 4) is 0 Å². The van der Waals surface area contributed by atoms with Crippen LogP contribution in [-0.4, -0.2) is 22.9 Å². The molecular formula is C8H16N4. The van der Waals surface area contributed by atoms with Gasteiger partial charge in [-0.2, -0.15) is 5.10 Å². The first-order chi connectivity index (χ1) is 5.84. The van der Waals surface area contributed by atoms with Crippen molar-refractivity contribution in [3.63, 3.8) is 0 Å². The summed E-state index contributed by atoms with van der Waals surface area (Å²) in [5, 5.41) is 7.32. The van der Waals surface area contributed by atoms with Crippen molar-refractivity contribution in [2.24, 2.45) is 12.8 Å². The summed E-state index contributed by atoms with van der Waals surface area (Å²) in [5.74, 6) is 1.06. The summed E-state index contributed by atoms with van der Waals surface area (Å²) in [4.78, 5) is 0. The van der Waals surface area contributed by atoms with Crippen molar-refractivity contribution in [3.05, 3.63) is 12.3 Å². The summed E-state index contributed by atoms with van der Waals surface area (Å²) in [6.07, 6.45) is 3.97. The Labute approximate surface area is 72.8 Å². The van der Waals surface area contributed by atoms with Crippen LogP contribution >= 0.6 is 0 Å². The molecule has 68 valence electrons. The van der Waals surface area contributed by atoms with E-state index in [1.807, 2.05) is 17.8 Å². The molecule has 0 aliphatic heterocycles. The highest BCUT2D eigenvalue weighted by molar-refractivity contribution is 5.32. The quantitative estimate of drug-likeness (QED) is 0.632. The van der Waals surface area contributed by atoms with E-state index in [2.05, 4.69) is 10.4 Å². The van der Waals surface area contributed by atoms with E-state index >= 15 is 0 Å². The number of hydrogen-bond donors (Lipinski definition) is 2. The van der Waals surface area contributed by atoms with Crippen LogP contribution in [0.3, 0.4) is 0 Å². The third-order valence-electron chi connectivity index (χ3n) is 1.76. The van der Waals surface area contributed by atoms with Gasteiger partial charge in [0.1, 0.15) is 5.82 Å². The number of aryl methyl sites for hydroxylation is 1. The van der Waals surface area contributed by atoms with Crippen LogP contribution in [0.25, 0.3) is 0 Å². The van der Waals surface area contributed by atoms with Gasteiger partial charge < -0.3 is 11.1 Å². The van der Waals surface area contributed by atoms with Gasteiger partial charge in [-0.05, 0) is 19.4 Å². The second-order valence-corrected chi connectivity index (χ2v) is 2.76. The van der Waals surface area contributed by atoms with Gasteiger partial charge in [0.15, 0.2) is 0 Å². The monoisotopic (exact) mass is 168 g/mol. The number of nitrogens with zero attached hydrogens (tertiary/aromatic N) is 2. The van der Waals surface area contributed by atoms with Gasteiger partial charge >= 0.3 is 0 Å². The van der Waals surface area contributed by atoms with Gasteiger partial charge in [0, 0.05) is 19.7 Å². The molecule has 1 aromatic heterocycles. The highest BCUT2D eigenvalue weighted by Gasteiger charge is 1.94. The second-order valence-electron chi connectivity index (χ2n) is 2.76. The Morgan fingerprint density at radius 2 is 2.42 bits per heavy atom. The smallest absolute Gasteiger partial charge is 0.123 e. The van der Waals surface area contributed by atoms with E-state index < -0.39 is 0 Å². The molecule has 4 heteroatoms. The predicted molar refractivity (Wildman–Crippen MR) is 50.0 cm³/mol. The molecule has 1 heterocycles. The van der Waals surface area contributed by atoms with Crippen molar-refractivity contribution in [2.45, 2.75) is 12.8 Å². The third kappa shape index (κ3) is 2.54. The van der Waals surface area contributed by atoms with E-state index in [9.17, 15) is 0 Å². The Bertz CT molecular complexity index is 219. The van der Waals surface area contributed by atoms with Gasteiger partial charge in [-0.3, -0.25) is 4.68 Å². The molecule has 4 nitrogen and oxygen atoms in total. The zero-order chi connectivity index (χ0) is 8.81. The van der Waals surface area contributed by atoms with Crippen molar-refractivity contribution in [2.75, 3.05) is 18.4 Å². The Morgan fingerprint density at radius 3 is 3.00 bits per heavy atom. The lowest BCUT2D eigenvalue weighted by atomic mass is 10.3. The van der Waals surface area contributed by atoms with Crippen LogP contribution in [-0.2, 0) is 7.05 Å². The molecule has 12 heavy (non-hydrogen) atoms. The van der Waals surface area contributed by atoms with Crippen LogP contribution in [0.5, 0.6) is 0 Å². The Morgan fingerprint density at radius 1 is 1.58 bits per heavy atom. The molecule has 1 rings (SSSR count). The Kier molecular flexibility index (Phi) is 3.60. The van der Waals surface area contributed by atoms with Crippen molar-refractivity contribution < 1.29 is 0 Å². The standard InChI is InChI=1S/C8H16N4/c1-12-8(4-7-11-12)10-6-3-2-5-9/h4,7,10H,2-3,5-6,9H2,1H3. The molecule has 0 saturated carbocycles. The third-order valence-corrected chi connectivity index (χ3v) is 1.76. The first-order valence-electron chi connectivity index (χ1n) is 4.26. The van der Waals surface area contributed by atoms with Gasteiger partial charge in [-0.25, -0.2) is 0 Å². The molecule has 0 spiro atoms. The zero-order valence-corrected chi connectivity index (χ0v) is 7.45. The highest BCUT2D eigenvalue weighted by Crippen LogP contribution is 2.02. The van der Waals surface area contributed by atoms with E-state index in [-0.39, 0.29) is 0 Å². The lowest BCUT2D eigenvalue weighted by molar-refractivity contribution is 0.742. The number of unbranched alkanes of at least 4 members (excludes halogenated alkanes) is 1. The van der Waals surface area contributed by atoms with Crippen LogP contribution in [0.1, 0.15) is 12.8 Å². The first kappa shape index (κ1) is 9.06. The Hall–Kier alpha value is -1.03. The minimum atomic E-state index is 0.771. The maximum atomic E-state index is 5.37. The minimum Gasteiger partial charge on any atom is -0.370 e. The van der Waals surface area contributed by atoms with Gasteiger partial charge in [0.25, 0.3) is 0 Å². The molecule has 0 aliphatic carbocycles. The fourth-order valence-electron chi connectivity index (χ4n) is 1.03. The molecule has 0 fully saturated rings. The number of nitrogens with two attached hydrogens (primary N) is 1. The molecule has 3 N–H and O–H groups in total. The topological polar surface area (TPSA) is 55.9 Å². The van der Waals surface area contributed by atoms with E-state index in [1.54, 1.807) is 6.20 Å². The lowest BCUT2D eigenvalue weighted by Crippen LogP contribution is -2.08.